The molecule has 1 saturated carbocycles. The molecule has 1 aromatic heterocycles. The summed E-state index contributed by atoms with van der Waals surface area (Å²) in [6.07, 6.45) is 7.15. The Morgan fingerprint density at radius 2 is 1.91 bits per heavy atom. The first kappa shape index (κ1) is 23.3. The average Bonchev–Trinajstić information content (AvgIpc) is 3.11. The van der Waals surface area contributed by atoms with E-state index in [-0.39, 0.29) is 23.1 Å². The van der Waals surface area contributed by atoms with Gasteiger partial charge >= 0.3 is 0 Å². The highest BCUT2D eigenvalue weighted by atomic mass is 32.2. The summed E-state index contributed by atoms with van der Waals surface area (Å²) in [7, 11) is 1.64. The van der Waals surface area contributed by atoms with Crippen molar-refractivity contribution in [3.63, 3.8) is 0 Å². The Hall–Kier alpha value is -2.89. The number of amides is 1. The summed E-state index contributed by atoms with van der Waals surface area (Å²) in [6.45, 7) is 2.25. The monoisotopic (exact) mass is 478 g/mol. The van der Waals surface area contributed by atoms with Gasteiger partial charge < -0.3 is 5.32 Å². The lowest BCUT2D eigenvalue weighted by Gasteiger charge is -2.29. The second-order valence-corrected chi connectivity index (χ2v) is 10.1. The quantitative estimate of drug-likeness (QED) is 0.495. The summed E-state index contributed by atoms with van der Waals surface area (Å²) in [6, 6.07) is 12.0. The second-order valence-electron chi connectivity index (χ2n) is 8.42. The summed E-state index contributed by atoms with van der Waals surface area (Å²) in [5.74, 6) is 0.487. The van der Waals surface area contributed by atoms with Gasteiger partial charge in [0.15, 0.2) is 0 Å². The normalized spacial score (nSPS) is 18.1. The van der Waals surface area contributed by atoms with Gasteiger partial charge in [0.2, 0.25) is 0 Å². The van der Waals surface area contributed by atoms with E-state index in [2.05, 4.69) is 5.32 Å². The number of hydrogen-bond acceptors (Lipinski definition) is 6. The zero-order chi connectivity index (χ0) is 23.5. The van der Waals surface area contributed by atoms with Gasteiger partial charge in [0.05, 0.1) is 4.91 Å². The van der Waals surface area contributed by atoms with E-state index < -0.39 is 0 Å². The molecule has 0 atom stereocenters. The number of nitrogens with one attached hydrogen (secondary N) is 1. The van der Waals surface area contributed by atoms with Crippen LogP contribution in [0.25, 0.3) is 6.08 Å². The summed E-state index contributed by atoms with van der Waals surface area (Å²) in [5, 5.41) is 13.0. The number of pyridine rings is 1. The maximum Gasteiger partial charge on any atom is 0.270 e. The molecule has 2 heterocycles. The first-order chi connectivity index (χ1) is 15.9. The maximum atomic E-state index is 13.3. The van der Waals surface area contributed by atoms with Gasteiger partial charge in [-0.15, -0.1) is 0 Å². The predicted octanol–water partition coefficient (Wildman–Crippen LogP) is 4.71. The van der Waals surface area contributed by atoms with Crippen molar-refractivity contribution in [1.29, 1.82) is 5.26 Å². The van der Waals surface area contributed by atoms with Gasteiger partial charge in [0.1, 0.15) is 21.8 Å². The van der Waals surface area contributed by atoms with Crippen LogP contribution in [-0.4, -0.2) is 25.7 Å². The third kappa shape index (κ3) is 4.61. The Bertz CT molecular complexity index is 1220. The van der Waals surface area contributed by atoms with Crippen LogP contribution in [0.5, 0.6) is 0 Å². The minimum Gasteiger partial charge on any atom is -0.367 e. The predicted molar refractivity (Wildman–Crippen MR) is 137 cm³/mol. The fourth-order valence-corrected chi connectivity index (χ4v) is 5.87. The van der Waals surface area contributed by atoms with Crippen LogP contribution in [-0.2, 0) is 18.4 Å². The molecule has 170 valence electrons. The fourth-order valence-electron chi connectivity index (χ4n) is 4.49. The van der Waals surface area contributed by atoms with Gasteiger partial charge in [-0.2, -0.15) is 5.26 Å². The molecule has 1 aliphatic carbocycles. The third-order valence-corrected chi connectivity index (χ3v) is 7.67. The van der Waals surface area contributed by atoms with E-state index in [0.29, 0.717) is 32.7 Å². The van der Waals surface area contributed by atoms with Crippen molar-refractivity contribution in [1.82, 2.24) is 9.47 Å². The van der Waals surface area contributed by atoms with E-state index >= 15 is 0 Å². The van der Waals surface area contributed by atoms with Crippen LogP contribution >= 0.6 is 24.0 Å². The van der Waals surface area contributed by atoms with Gasteiger partial charge in [-0.05, 0) is 37.0 Å². The first-order valence-corrected chi connectivity index (χ1v) is 12.3. The molecule has 1 aliphatic heterocycles. The van der Waals surface area contributed by atoms with Crippen LogP contribution in [0.2, 0.25) is 0 Å². The molecule has 6 nitrogen and oxygen atoms in total. The number of hydrogen-bond donors (Lipinski definition) is 1. The molecule has 4 rings (SSSR count). The van der Waals surface area contributed by atoms with E-state index in [4.69, 9.17) is 12.2 Å². The van der Waals surface area contributed by atoms with Gasteiger partial charge in [-0.3, -0.25) is 19.1 Å². The van der Waals surface area contributed by atoms with Crippen molar-refractivity contribution in [3.8, 4) is 6.07 Å². The molecule has 2 fully saturated rings. The molecule has 33 heavy (non-hydrogen) atoms. The van der Waals surface area contributed by atoms with E-state index in [1.54, 1.807) is 24.9 Å². The largest absolute Gasteiger partial charge is 0.367 e. The molecular formula is C25H26N4O2S2. The van der Waals surface area contributed by atoms with E-state index in [9.17, 15) is 14.9 Å². The molecule has 0 bridgehead atoms. The Morgan fingerprint density at radius 1 is 1.21 bits per heavy atom. The van der Waals surface area contributed by atoms with Crippen LogP contribution < -0.4 is 10.9 Å². The minimum atomic E-state index is -0.363. The molecule has 8 heteroatoms. The number of anilines is 1. The molecule has 1 aromatic carbocycles. The van der Waals surface area contributed by atoms with Crippen LogP contribution in [0, 0.1) is 18.3 Å². The number of benzene rings is 1. The topological polar surface area (TPSA) is 78.1 Å². The SMILES string of the molecule is Cc1c(/C=C2/SC(=S)N(C3CCCCC3)C2=O)c(NCc2ccccc2)n(C)c(=O)c1C#N. The lowest BCUT2D eigenvalue weighted by molar-refractivity contribution is -0.124. The number of nitrogens with zero attached hydrogens (tertiary/aromatic N) is 3. The van der Waals surface area contributed by atoms with Gasteiger partial charge in [-0.1, -0.05) is 73.6 Å². The number of thioether (sulfide) groups is 1. The van der Waals surface area contributed by atoms with Crippen LogP contribution in [0.15, 0.2) is 40.0 Å². The van der Waals surface area contributed by atoms with Gasteiger partial charge in [0, 0.05) is 25.2 Å². The summed E-state index contributed by atoms with van der Waals surface area (Å²) in [4.78, 5) is 28.4. The lowest BCUT2D eigenvalue weighted by Crippen LogP contribution is -2.39. The third-order valence-electron chi connectivity index (χ3n) is 6.34. The standard InChI is InChI=1S/C25H26N4O2S2/c1-16-19(13-21-24(31)29(25(32)33-21)18-11-7-4-8-12-18)22(28(2)23(30)20(16)14-26)27-15-17-9-5-3-6-10-17/h3,5-6,9-10,13,18,27H,4,7-8,11-12,15H2,1-2H3/b21-13+. The van der Waals surface area contributed by atoms with Gasteiger partial charge in [0.25, 0.3) is 11.5 Å². The number of rotatable bonds is 5. The highest BCUT2D eigenvalue weighted by molar-refractivity contribution is 8.26. The van der Waals surface area contributed by atoms with Crippen molar-refractivity contribution in [2.45, 2.75) is 51.6 Å². The zero-order valence-electron chi connectivity index (χ0n) is 18.8. The number of carbonyl (C=O) groups is 1. The molecule has 0 unspecified atom stereocenters. The molecule has 0 radical (unpaired) electrons. The van der Waals surface area contributed by atoms with Gasteiger partial charge in [-0.25, -0.2) is 0 Å². The first-order valence-electron chi connectivity index (χ1n) is 11.1. The van der Waals surface area contributed by atoms with Crippen LogP contribution in [0.3, 0.4) is 0 Å². The highest BCUT2D eigenvalue weighted by Gasteiger charge is 2.37. The van der Waals surface area contributed by atoms with E-state index in [1.807, 2.05) is 36.4 Å². The summed E-state index contributed by atoms with van der Waals surface area (Å²) in [5.41, 5.74) is 1.99. The Morgan fingerprint density at radius 3 is 2.58 bits per heavy atom. The summed E-state index contributed by atoms with van der Waals surface area (Å²) >= 11 is 6.87. The Kier molecular flexibility index (Phi) is 7.01. The average molecular weight is 479 g/mol. The fraction of sp³-hybridized carbons (Fsp3) is 0.360. The number of nitriles is 1. The molecule has 2 aliphatic rings. The Labute approximate surface area is 203 Å². The second kappa shape index (κ2) is 9.94. The molecule has 0 spiro atoms. The van der Waals surface area contributed by atoms with Crippen LogP contribution in [0.1, 0.15) is 54.4 Å². The minimum absolute atomic E-state index is 0.0803. The molecular weight excluding hydrogens is 452 g/mol. The zero-order valence-corrected chi connectivity index (χ0v) is 20.4. The summed E-state index contributed by atoms with van der Waals surface area (Å²) < 4.78 is 2.03. The maximum absolute atomic E-state index is 13.3. The molecule has 1 saturated heterocycles. The molecule has 1 amide bonds. The number of thiocarbonyl (C=S) groups is 1. The smallest absolute Gasteiger partial charge is 0.270 e. The Balaban J connectivity index is 1.74. The van der Waals surface area contributed by atoms with Crippen molar-refractivity contribution in [2.75, 3.05) is 5.32 Å². The van der Waals surface area contributed by atoms with Crippen molar-refractivity contribution in [3.05, 3.63) is 67.8 Å². The number of carbonyl (C=O) groups excluding carboxylic acids is 1. The van der Waals surface area contributed by atoms with E-state index in [1.165, 1.54) is 22.7 Å². The van der Waals surface area contributed by atoms with Crippen LogP contribution in [0.4, 0.5) is 5.82 Å². The number of aromatic nitrogens is 1. The van der Waals surface area contributed by atoms with Crippen molar-refractivity contribution < 1.29 is 4.79 Å². The van der Waals surface area contributed by atoms with E-state index in [0.717, 1.165) is 31.2 Å². The lowest BCUT2D eigenvalue weighted by atomic mass is 9.94. The van der Waals surface area contributed by atoms with Crippen molar-refractivity contribution in [2.24, 2.45) is 7.05 Å². The highest BCUT2D eigenvalue weighted by Crippen LogP contribution is 2.38. The molecule has 1 N–H and O–H groups in total. The molecule has 2 aromatic rings. The van der Waals surface area contributed by atoms with Crippen molar-refractivity contribution >= 4 is 46.1 Å².